The molecule has 1 amide bonds. The lowest BCUT2D eigenvalue weighted by molar-refractivity contribution is -0.119. The third-order valence-corrected chi connectivity index (χ3v) is 7.96. The molecule has 28 heavy (non-hydrogen) atoms. The van der Waals surface area contributed by atoms with Gasteiger partial charge < -0.3 is 15.0 Å². The van der Waals surface area contributed by atoms with Gasteiger partial charge in [0, 0.05) is 25.4 Å². The first kappa shape index (κ1) is 20.6. The van der Waals surface area contributed by atoms with Gasteiger partial charge in [-0.25, -0.2) is 8.42 Å². The second-order valence-corrected chi connectivity index (χ2v) is 10.1. The summed E-state index contributed by atoms with van der Waals surface area (Å²) in [5, 5.41) is 2.68. The van der Waals surface area contributed by atoms with Crippen molar-refractivity contribution in [3.63, 3.8) is 0 Å². The van der Waals surface area contributed by atoms with Crippen LogP contribution in [0.3, 0.4) is 0 Å². The first-order chi connectivity index (χ1) is 13.3. The smallest absolute Gasteiger partial charge is 0.252 e. The number of hydrogen-bond donors (Lipinski definition) is 1. The van der Waals surface area contributed by atoms with Crippen molar-refractivity contribution in [1.29, 1.82) is 0 Å². The Bertz CT molecular complexity index is 942. The van der Waals surface area contributed by atoms with E-state index < -0.39 is 10.0 Å². The fourth-order valence-electron chi connectivity index (χ4n) is 3.12. The van der Waals surface area contributed by atoms with E-state index in [1.165, 1.54) is 22.6 Å². The van der Waals surface area contributed by atoms with Crippen molar-refractivity contribution < 1.29 is 17.9 Å². The van der Waals surface area contributed by atoms with Crippen molar-refractivity contribution >= 4 is 33.0 Å². The number of amides is 1. The predicted molar refractivity (Wildman–Crippen MR) is 110 cm³/mol. The van der Waals surface area contributed by atoms with Crippen LogP contribution in [-0.2, 0) is 21.4 Å². The number of carbonyl (C=O) groups excluding carboxylic acids is 1. The van der Waals surface area contributed by atoms with Crippen LogP contribution in [0.5, 0.6) is 5.75 Å². The molecule has 2 aromatic rings. The molecule has 7 nitrogen and oxygen atoms in total. The molecule has 1 aromatic carbocycles. The van der Waals surface area contributed by atoms with E-state index in [1.807, 2.05) is 24.3 Å². The zero-order valence-electron chi connectivity index (χ0n) is 16.2. The van der Waals surface area contributed by atoms with E-state index in [1.54, 1.807) is 19.2 Å². The maximum absolute atomic E-state index is 12.9. The molecule has 2 heterocycles. The van der Waals surface area contributed by atoms with Crippen molar-refractivity contribution in [3.05, 3.63) is 41.3 Å². The second-order valence-electron chi connectivity index (χ2n) is 6.66. The number of rotatable bonds is 7. The van der Waals surface area contributed by atoms with E-state index >= 15 is 0 Å². The molecule has 0 bridgehead atoms. The number of likely N-dealkylation sites (N-methyl/N-ethyl adjacent to an activating group) is 2. The number of anilines is 1. The number of nitrogens with zero attached hydrogens (tertiary/aromatic N) is 2. The van der Waals surface area contributed by atoms with Gasteiger partial charge in [0.2, 0.25) is 5.91 Å². The van der Waals surface area contributed by atoms with E-state index in [9.17, 15) is 13.2 Å². The Morgan fingerprint density at radius 1 is 1.32 bits per heavy atom. The molecule has 1 atom stereocenters. The van der Waals surface area contributed by atoms with Crippen molar-refractivity contribution in [2.45, 2.75) is 30.7 Å². The minimum absolute atomic E-state index is 0.148. The van der Waals surface area contributed by atoms with E-state index in [0.717, 1.165) is 22.9 Å². The van der Waals surface area contributed by atoms with E-state index in [2.05, 4.69) is 17.1 Å². The summed E-state index contributed by atoms with van der Waals surface area (Å²) >= 11 is 1.17. The molecular weight excluding hydrogens is 398 g/mol. The molecule has 0 spiro atoms. The van der Waals surface area contributed by atoms with Gasteiger partial charge in [-0.05, 0) is 31.2 Å². The van der Waals surface area contributed by atoms with Crippen LogP contribution in [0.25, 0.3) is 0 Å². The summed E-state index contributed by atoms with van der Waals surface area (Å²) in [5.41, 5.74) is 1.03. The van der Waals surface area contributed by atoms with Crippen LogP contribution in [0, 0.1) is 0 Å². The SMILES string of the molecule is CCN1C[C@@H](CN(C)S(=O)(=O)c2ccc(CNC(C)=O)s2)Oc2ccccc21. The van der Waals surface area contributed by atoms with Gasteiger partial charge in [0.1, 0.15) is 16.1 Å². The Labute approximate surface area is 170 Å². The van der Waals surface area contributed by atoms with E-state index in [4.69, 9.17) is 4.74 Å². The number of para-hydroxylation sites is 2. The average molecular weight is 424 g/mol. The molecule has 0 radical (unpaired) electrons. The lowest BCUT2D eigenvalue weighted by Crippen LogP contribution is -2.46. The molecule has 1 aliphatic rings. The molecule has 1 aliphatic heterocycles. The lowest BCUT2D eigenvalue weighted by Gasteiger charge is -2.36. The van der Waals surface area contributed by atoms with Gasteiger partial charge in [-0.1, -0.05) is 12.1 Å². The average Bonchev–Trinajstić information content (AvgIpc) is 3.15. The first-order valence-electron chi connectivity index (χ1n) is 9.11. The number of fused-ring (bicyclic) bond motifs is 1. The summed E-state index contributed by atoms with van der Waals surface area (Å²) in [7, 11) is -2.04. The van der Waals surface area contributed by atoms with Gasteiger partial charge in [-0.2, -0.15) is 4.31 Å². The highest BCUT2D eigenvalue weighted by molar-refractivity contribution is 7.91. The minimum Gasteiger partial charge on any atom is -0.485 e. The Morgan fingerprint density at radius 2 is 2.07 bits per heavy atom. The number of ether oxygens (including phenoxy) is 1. The Balaban J connectivity index is 1.70. The fraction of sp³-hybridized carbons (Fsp3) is 0.421. The fourth-order valence-corrected chi connectivity index (χ4v) is 5.82. The Hall–Kier alpha value is -2.10. The zero-order valence-corrected chi connectivity index (χ0v) is 17.8. The highest BCUT2D eigenvalue weighted by Gasteiger charge is 2.30. The van der Waals surface area contributed by atoms with Gasteiger partial charge in [0.25, 0.3) is 10.0 Å². The third kappa shape index (κ3) is 4.48. The topological polar surface area (TPSA) is 79.0 Å². The summed E-state index contributed by atoms with van der Waals surface area (Å²) in [4.78, 5) is 14.0. The highest BCUT2D eigenvalue weighted by atomic mass is 32.2. The number of sulfonamides is 1. The first-order valence-corrected chi connectivity index (χ1v) is 11.4. The number of carbonyl (C=O) groups is 1. The maximum Gasteiger partial charge on any atom is 0.252 e. The quantitative estimate of drug-likeness (QED) is 0.739. The molecule has 152 valence electrons. The van der Waals surface area contributed by atoms with Crippen LogP contribution in [-0.4, -0.2) is 51.4 Å². The monoisotopic (exact) mass is 423 g/mol. The molecule has 0 aliphatic carbocycles. The highest BCUT2D eigenvalue weighted by Crippen LogP contribution is 2.33. The summed E-state index contributed by atoms with van der Waals surface area (Å²) < 4.78 is 33.5. The van der Waals surface area contributed by atoms with Crippen LogP contribution in [0.2, 0.25) is 0 Å². The zero-order chi connectivity index (χ0) is 20.3. The molecule has 0 unspecified atom stereocenters. The molecule has 0 saturated heterocycles. The van der Waals surface area contributed by atoms with Gasteiger partial charge >= 0.3 is 0 Å². The van der Waals surface area contributed by atoms with E-state index in [0.29, 0.717) is 13.1 Å². The van der Waals surface area contributed by atoms with Crippen LogP contribution in [0.4, 0.5) is 5.69 Å². The molecule has 3 rings (SSSR count). The third-order valence-electron chi connectivity index (χ3n) is 4.58. The van der Waals surface area contributed by atoms with Gasteiger partial charge in [-0.15, -0.1) is 11.3 Å². The number of hydrogen-bond acceptors (Lipinski definition) is 6. The van der Waals surface area contributed by atoms with Crippen LogP contribution in [0.1, 0.15) is 18.7 Å². The van der Waals surface area contributed by atoms with Crippen molar-refractivity contribution in [1.82, 2.24) is 9.62 Å². The normalized spacial score (nSPS) is 16.6. The number of benzene rings is 1. The lowest BCUT2D eigenvalue weighted by atomic mass is 10.2. The predicted octanol–water partition coefficient (Wildman–Crippen LogP) is 2.29. The standard InChI is InChI=1S/C19H25N3O4S2/c1-4-22-13-15(26-18-8-6-5-7-17(18)22)12-21(3)28(24,25)19-10-9-16(27-19)11-20-14(2)23/h5-10,15H,4,11-13H2,1-3H3,(H,20,23)/t15-/m1/s1. The summed E-state index contributed by atoms with van der Waals surface area (Å²) in [6.45, 7) is 5.54. The molecule has 1 N–H and O–H groups in total. The minimum atomic E-state index is -3.62. The largest absolute Gasteiger partial charge is 0.485 e. The van der Waals surface area contributed by atoms with Crippen molar-refractivity contribution in [3.8, 4) is 5.75 Å². The van der Waals surface area contributed by atoms with Crippen LogP contribution in [0.15, 0.2) is 40.6 Å². The molecule has 1 aromatic heterocycles. The van der Waals surface area contributed by atoms with Crippen LogP contribution < -0.4 is 15.0 Å². The Morgan fingerprint density at radius 3 is 2.79 bits per heavy atom. The summed E-state index contributed by atoms with van der Waals surface area (Å²) in [6, 6.07) is 11.1. The Kier molecular flexibility index (Phi) is 6.26. The molecule has 0 saturated carbocycles. The second kappa shape index (κ2) is 8.50. The number of thiophene rings is 1. The summed E-state index contributed by atoms with van der Waals surface area (Å²) in [5.74, 6) is 0.630. The summed E-state index contributed by atoms with van der Waals surface area (Å²) in [6.07, 6.45) is -0.256. The molecule has 9 heteroatoms. The molecular formula is C19H25N3O4S2. The van der Waals surface area contributed by atoms with Gasteiger partial charge in [-0.3, -0.25) is 4.79 Å². The number of nitrogens with one attached hydrogen (secondary N) is 1. The maximum atomic E-state index is 12.9. The van der Waals surface area contributed by atoms with Crippen molar-refractivity contribution in [2.75, 3.05) is 31.6 Å². The van der Waals surface area contributed by atoms with E-state index in [-0.39, 0.29) is 22.8 Å². The molecule has 0 fully saturated rings. The van der Waals surface area contributed by atoms with Crippen LogP contribution >= 0.6 is 11.3 Å². The van der Waals surface area contributed by atoms with Crippen molar-refractivity contribution in [2.24, 2.45) is 0 Å². The van der Waals surface area contributed by atoms with Gasteiger partial charge in [0.05, 0.1) is 25.3 Å². The van der Waals surface area contributed by atoms with Gasteiger partial charge in [0.15, 0.2) is 0 Å².